The number of hydrogen-bond donors (Lipinski definition) is 0. The van der Waals surface area contributed by atoms with Crippen LogP contribution in [0.5, 0.6) is 5.88 Å². The van der Waals surface area contributed by atoms with E-state index in [0.717, 1.165) is 34.5 Å². The molecule has 4 rings (SSSR count). The highest BCUT2D eigenvalue weighted by Crippen LogP contribution is 2.31. The lowest BCUT2D eigenvalue weighted by Gasteiger charge is -2.18. The fraction of sp³-hybridized carbons (Fsp3) is 0.292. The summed E-state index contributed by atoms with van der Waals surface area (Å²) in [5, 5.41) is 0. The Bertz CT molecular complexity index is 1220. The molecule has 0 aliphatic heterocycles. The van der Waals surface area contributed by atoms with Gasteiger partial charge in [-0.3, -0.25) is 4.79 Å². The second kappa shape index (κ2) is 8.14. The number of nitrogens with zero attached hydrogens (tertiary/aromatic N) is 4. The molecular formula is C24H26N4O2. The second-order valence-corrected chi connectivity index (χ2v) is 7.56. The van der Waals surface area contributed by atoms with Crippen molar-refractivity contribution in [3.8, 4) is 17.3 Å². The Morgan fingerprint density at radius 1 is 1.10 bits per heavy atom. The topological polar surface area (TPSA) is 61.9 Å². The first-order chi connectivity index (χ1) is 14.5. The van der Waals surface area contributed by atoms with Gasteiger partial charge in [-0.25, -0.2) is 4.98 Å². The zero-order chi connectivity index (χ0) is 21.3. The van der Waals surface area contributed by atoms with E-state index in [4.69, 9.17) is 14.7 Å². The largest absolute Gasteiger partial charge is 0.478 e. The standard InChI is InChI=1S/C24H26N4O2/c1-5-13-30-21-12-11-20-23(26-21)28(17(3)18-9-7-6-8-10-18)22(25-20)19-14-16(2)24(29)27(4)15-19/h6-12,14-15,17H,5,13H2,1-4H3/t17-/m0/s1. The van der Waals surface area contributed by atoms with E-state index in [2.05, 4.69) is 30.5 Å². The van der Waals surface area contributed by atoms with Crippen LogP contribution in [0.3, 0.4) is 0 Å². The molecular weight excluding hydrogens is 376 g/mol. The third-order valence-electron chi connectivity index (χ3n) is 5.26. The van der Waals surface area contributed by atoms with Gasteiger partial charge in [0, 0.05) is 30.4 Å². The smallest absolute Gasteiger partial charge is 0.253 e. The molecule has 0 bridgehead atoms. The Hall–Kier alpha value is -3.41. The summed E-state index contributed by atoms with van der Waals surface area (Å²) in [6.07, 6.45) is 2.75. The molecule has 1 atom stereocenters. The quantitative estimate of drug-likeness (QED) is 0.476. The van der Waals surface area contributed by atoms with Crippen molar-refractivity contribution in [2.75, 3.05) is 6.61 Å². The van der Waals surface area contributed by atoms with Crippen molar-refractivity contribution in [2.45, 2.75) is 33.2 Å². The molecule has 4 aromatic rings. The molecule has 0 aliphatic rings. The first-order valence-corrected chi connectivity index (χ1v) is 10.2. The van der Waals surface area contributed by atoms with E-state index in [1.807, 2.05) is 49.5 Å². The fourth-order valence-electron chi connectivity index (χ4n) is 3.69. The van der Waals surface area contributed by atoms with Gasteiger partial charge in [-0.2, -0.15) is 4.98 Å². The number of aryl methyl sites for hydroxylation is 2. The number of pyridine rings is 2. The molecule has 0 saturated carbocycles. The number of imidazole rings is 1. The van der Waals surface area contributed by atoms with Crippen molar-refractivity contribution in [1.29, 1.82) is 0 Å². The molecule has 0 aliphatic carbocycles. The Kier molecular flexibility index (Phi) is 5.40. The molecule has 0 N–H and O–H groups in total. The number of benzene rings is 1. The van der Waals surface area contributed by atoms with Gasteiger partial charge >= 0.3 is 0 Å². The minimum Gasteiger partial charge on any atom is -0.478 e. The molecule has 3 heterocycles. The van der Waals surface area contributed by atoms with Gasteiger partial charge in [0.1, 0.15) is 11.3 Å². The molecule has 0 fully saturated rings. The van der Waals surface area contributed by atoms with E-state index in [1.54, 1.807) is 11.6 Å². The van der Waals surface area contributed by atoms with Crippen LogP contribution in [0.15, 0.2) is 59.5 Å². The Balaban J connectivity index is 1.96. The van der Waals surface area contributed by atoms with Gasteiger partial charge in [0.2, 0.25) is 5.88 Å². The highest BCUT2D eigenvalue weighted by molar-refractivity contribution is 5.78. The first-order valence-electron chi connectivity index (χ1n) is 10.2. The molecule has 0 amide bonds. The van der Waals surface area contributed by atoms with Gasteiger partial charge in [-0.1, -0.05) is 37.3 Å². The van der Waals surface area contributed by atoms with Gasteiger partial charge in [0.25, 0.3) is 5.56 Å². The van der Waals surface area contributed by atoms with E-state index in [0.29, 0.717) is 18.1 Å². The van der Waals surface area contributed by atoms with E-state index in [1.165, 1.54) is 0 Å². The summed E-state index contributed by atoms with van der Waals surface area (Å²) in [6, 6.07) is 16.0. The van der Waals surface area contributed by atoms with Crippen LogP contribution in [0.4, 0.5) is 0 Å². The van der Waals surface area contributed by atoms with Crippen LogP contribution in [0, 0.1) is 6.92 Å². The molecule has 154 valence electrons. The van der Waals surface area contributed by atoms with Crippen molar-refractivity contribution >= 4 is 11.2 Å². The van der Waals surface area contributed by atoms with E-state index < -0.39 is 0 Å². The van der Waals surface area contributed by atoms with Gasteiger partial charge < -0.3 is 13.9 Å². The molecule has 0 saturated heterocycles. The molecule has 1 aromatic carbocycles. The summed E-state index contributed by atoms with van der Waals surface area (Å²) in [5.74, 6) is 1.37. The third-order valence-corrected chi connectivity index (χ3v) is 5.26. The third kappa shape index (κ3) is 3.61. The lowest BCUT2D eigenvalue weighted by molar-refractivity contribution is 0.306. The molecule has 6 nitrogen and oxygen atoms in total. The molecule has 6 heteroatoms. The van der Waals surface area contributed by atoms with Crippen molar-refractivity contribution < 1.29 is 4.74 Å². The van der Waals surface area contributed by atoms with Gasteiger partial charge in [0.05, 0.1) is 12.6 Å². The van der Waals surface area contributed by atoms with Crippen molar-refractivity contribution in [3.63, 3.8) is 0 Å². The average Bonchev–Trinajstić information content (AvgIpc) is 3.14. The molecule has 0 unspecified atom stereocenters. The van der Waals surface area contributed by atoms with Crippen LogP contribution in [0.25, 0.3) is 22.6 Å². The minimum atomic E-state index is -0.00843. The van der Waals surface area contributed by atoms with E-state index in [-0.39, 0.29) is 11.6 Å². The predicted octanol–water partition coefficient (Wildman–Crippen LogP) is 4.50. The summed E-state index contributed by atoms with van der Waals surface area (Å²) in [5.41, 5.74) is 4.27. The molecule has 30 heavy (non-hydrogen) atoms. The molecule has 3 aromatic heterocycles. The average molecular weight is 402 g/mol. The summed E-state index contributed by atoms with van der Waals surface area (Å²) in [7, 11) is 1.77. The van der Waals surface area contributed by atoms with Crippen LogP contribution in [0.2, 0.25) is 0 Å². The maximum absolute atomic E-state index is 12.2. The fourth-order valence-corrected chi connectivity index (χ4v) is 3.69. The van der Waals surface area contributed by atoms with Crippen LogP contribution in [-0.4, -0.2) is 25.7 Å². The lowest BCUT2D eigenvalue weighted by atomic mass is 10.1. The SMILES string of the molecule is CCCOc1ccc2nc(-c3cc(C)c(=O)n(C)c3)n([C@@H](C)c3ccccc3)c2n1. The van der Waals surface area contributed by atoms with Crippen molar-refractivity contribution in [3.05, 3.63) is 76.2 Å². The minimum absolute atomic E-state index is 0.00216. The number of ether oxygens (including phenoxy) is 1. The van der Waals surface area contributed by atoms with Crippen LogP contribution >= 0.6 is 0 Å². The molecule has 0 spiro atoms. The highest BCUT2D eigenvalue weighted by atomic mass is 16.5. The summed E-state index contributed by atoms with van der Waals surface area (Å²) >= 11 is 0. The highest BCUT2D eigenvalue weighted by Gasteiger charge is 2.21. The van der Waals surface area contributed by atoms with Crippen molar-refractivity contribution in [1.82, 2.24) is 19.1 Å². The second-order valence-electron chi connectivity index (χ2n) is 7.56. The van der Waals surface area contributed by atoms with Gasteiger partial charge in [-0.05, 0) is 38.0 Å². The maximum Gasteiger partial charge on any atom is 0.253 e. The van der Waals surface area contributed by atoms with Crippen LogP contribution < -0.4 is 10.3 Å². The first kappa shape index (κ1) is 19.9. The zero-order valence-corrected chi connectivity index (χ0v) is 17.8. The Morgan fingerprint density at radius 2 is 1.87 bits per heavy atom. The van der Waals surface area contributed by atoms with E-state index in [9.17, 15) is 4.79 Å². The number of fused-ring (bicyclic) bond motifs is 1. The lowest BCUT2D eigenvalue weighted by Crippen LogP contribution is -2.19. The number of hydrogen-bond acceptors (Lipinski definition) is 4. The van der Waals surface area contributed by atoms with E-state index >= 15 is 0 Å². The summed E-state index contributed by atoms with van der Waals surface area (Å²) in [6.45, 7) is 6.65. The summed E-state index contributed by atoms with van der Waals surface area (Å²) in [4.78, 5) is 21.9. The normalized spacial score (nSPS) is 12.3. The number of rotatable bonds is 6. The van der Waals surface area contributed by atoms with Gasteiger partial charge in [-0.15, -0.1) is 0 Å². The van der Waals surface area contributed by atoms with Crippen LogP contribution in [0.1, 0.15) is 37.4 Å². The van der Waals surface area contributed by atoms with Gasteiger partial charge in [0.15, 0.2) is 5.65 Å². The monoisotopic (exact) mass is 402 g/mol. The number of aromatic nitrogens is 4. The predicted molar refractivity (Wildman–Crippen MR) is 119 cm³/mol. The Morgan fingerprint density at radius 3 is 2.57 bits per heavy atom. The zero-order valence-electron chi connectivity index (χ0n) is 17.8. The Labute approximate surface area is 175 Å². The van der Waals surface area contributed by atoms with Crippen molar-refractivity contribution in [2.24, 2.45) is 7.05 Å². The summed E-state index contributed by atoms with van der Waals surface area (Å²) < 4.78 is 9.50. The maximum atomic E-state index is 12.2. The molecule has 0 radical (unpaired) electrons. The van der Waals surface area contributed by atoms with Crippen LogP contribution in [-0.2, 0) is 7.05 Å².